The van der Waals surface area contributed by atoms with Gasteiger partial charge in [-0.05, 0) is 51.7 Å². The molecule has 0 bridgehead atoms. The second kappa shape index (κ2) is 12.7. The number of alkyl carbamates (subject to hydrolysis) is 1. The van der Waals surface area contributed by atoms with Crippen LogP contribution < -0.4 is 16.0 Å². The summed E-state index contributed by atoms with van der Waals surface area (Å²) in [6, 6.07) is 3.77. The van der Waals surface area contributed by atoms with E-state index < -0.39 is 29.6 Å². The van der Waals surface area contributed by atoms with Crippen molar-refractivity contribution in [1.29, 1.82) is 0 Å². The highest BCUT2D eigenvalue weighted by atomic mass is 35.5. The maximum atomic E-state index is 13.2. The molecule has 2 aromatic rings. The minimum atomic E-state index is -0.728. The molecule has 0 aliphatic carbocycles. The van der Waals surface area contributed by atoms with E-state index in [0.29, 0.717) is 25.9 Å². The molecule has 0 saturated carbocycles. The van der Waals surface area contributed by atoms with Crippen LogP contribution in [0.5, 0.6) is 0 Å². The molecule has 212 valence electrons. The van der Waals surface area contributed by atoms with Crippen molar-refractivity contribution < 1.29 is 23.9 Å². The van der Waals surface area contributed by atoms with E-state index in [2.05, 4.69) is 26.1 Å². The van der Waals surface area contributed by atoms with E-state index in [9.17, 15) is 19.2 Å². The summed E-state index contributed by atoms with van der Waals surface area (Å²) in [7, 11) is 0. The van der Waals surface area contributed by atoms with Crippen LogP contribution in [0.3, 0.4) is 0 Å². The monoisotopic (exact) mass is 580 g/mol. The molecule has 3 rings (SSSR count). The quantitative estimate of drug-likeness (QED) is 0.385. The molecule has 1 aliphatic heterocycles. The molecule has 13 heteroatoms. The lowest BCUT2D eigenvalue weighted by molar-refractivity contribution is -0.135. The summed E-state index contributed by atoms with van der Waals surface area (Å²) in [5.41, 5.74) is -0.337. The molecule has 1 aromatic carbocycles. The zero-order valence-corrected chi connectivity index (χ0v) is 24.1. The number of likely N-dealkylation sites (tertiary alicyclic amines) is 1. The van der Waals surface area contributed by atoms with Crippen LogP contribution in [0.2, 0.25) is 10.0 Å². The first-order valence-electron chi connectivity index (χ1n) is 12.6. The minimum absolute atomic E-state index is 0.0754. The first-order valence-corrected chi connectivity index (χ1v) is 13.4. The summed E-state index contributed by atoms with van der Waals surface area (Å²) in [6.07, 6.45) is 1.71. The van der Waals surface area contributed by atoms with E-state index in [-0.39, 0.29) is 44.9 Å². The highest BCUT2D eigenvalue weighted by Crippen LogP contribution is 2.26. The molecule has 0 spiro atoms. The number of nitrogens with one attached hydrogen (secondary N) is 4. The zero-order chi connectivity index (χ0) is 28.9. The Morgan fingerprint density at radius 3 is 2.26 bits per heavy atom. The molecule has 4 N–H and O–H groups in total. The molecule has 2 heterocycles. The summed E-state index contributed by atoms with van der Waals surface area (Å²) in [4.78, 5) is 52.8. The fraction of sp³-hybridized carbons (Fsp3) is 0.500. The average molecular weight is 582 g/mol. The Kier molecular flexibility index (Phi) is 9.84. The Bertz CT molecular complexity index is 1200. The van der Waals surface area contributed by atoms with Gasteiger partial charge in [0.05, 0.1) is 27.5 Å². The standard InChI is InChI=1S/C26H34Cl2N6O5/c1-14(2)20(32-25(38)39-26(3,4)5)24(37)34-11-9-15(10-12-34)30-23(36)21-18(13-29-33-21)31-22(35)19-16(27)7-6-8-17(19)28/h6-8,13-15,20H,9-12H2,1-5H3,(H,29,33)(H,30,36)(H,31,35)(H,32,38). The molecular formula is C26H34Cl2N6O5. The van der Waals surface area contributed by atoms with E-state index >= 15 is 0 Å². The van der Waals surface area contributed by atoms with Gasteiger partial charge in [-0.2, -0.15) is 5.10 Å². The van der Waals surface area contributed by atoms with Gasteiger partial charge in [-0.3, -0.25) is 19.5 Å². The van der Waals surface area contributed by atoms with Gasteiger partial charge in [0.2, 0.25) is 5.91 Å². The first-order chi connectivity index (χ1) is 18.3. The van der Waals surface area contributed by atoms with Gasteiger partial charge in [-0.15, -0.1) is 0 Å². The van der Waals surface area contributed by atoms with Crippen molar-refractivity contribution in [3.05, 3.63) is 45.7 Å². The SMILES string of the molecule is CC(C)C(NC(=O)OC(C)(C)C)C(=O)N1CCC(NC(=O)c2[nH]ncc2NC(=O)c2c(Cl)cccc2Cl)CC1. The van der Waals surface area contributed by atoms with Gasteiger partial charge in [0.25, 0.3) is 11.8 Å². The van der Waals surface area contributed by atoms with Crippen molar-refractivity contribution in [2.24, 2.45) is 5.92 Å². The number of amides is 4. The number of aromatic nitrogens is 2. The number of aromatic amines is 1. The highest BCUT2D eigenvalue weighted by Gasteiger charge is 2.33. The largest absolute Gasteiger partial charge is 0.444 e. The summed E-state index contributed by atoms with van der Waals surface area (Å²) in [5.74, 6) is -1.37. The smallest absolute Gasteiger partial charge is 0.408 e. The summed E-state index contributed by atoms with van der Waals surface area (Å²) < 4.78 is 5.31. The number of hydrogen-bond donors (Lipinski definition) is 4. The van der Waals surface area contributed by atoms with Crippen LogP contribution in [0.1, 0.15) is 68.3 Å². The molecule has 39 heavy (non-hydrogen) atoms. The molecule has 1 atom stereocenters. The van der Waals surface area contributed by atoms with Crippen molar-refractivity contribution in [3.8, 4) is 0 Å². The lowest BCUT2D eigenvalue weighted by Crippen LogP contribution is -2.55. The van der Waals surface area contributed by atoms with Crippen LogP contribution >= 0.6 is 23.2 Å². The number of ether oxygens (including phenoxy) is 1. The third-order valence-electron chi connectivity index (χ3n) is 6.05. The number of piperidine rings is 1. The number of anilines is 1. The van der Waals surface area contributed by atoms with Crippen LogP contribution in [0, 0.1) is 5.92 Å². The van der Waals surface area contributed by atoms with Gasteiger partial charge in [0.1, 0.15) is 17.3 Å². The summed E-state index contributed by atoms with van der Waals surface area (Å²) in [5, 5.41) is 15.1. The van der Waals surface area contributed by atoms with Gasteiger partial charge >= 0.3 is 6.09 Å². The van der Waals surface area contributed by atoms with Crippen molar-refractivity contribution in [1.82, 2.24) is 25.7 Å². The predicted octanol–water partition coefficient (Wildman–Crippen LogP) is 4.24. The molecule has 1 saturated heterocycles. The number of hydrogen-bond acceptors (Lipinski definition) is 6. The molecule has 4 amide bonds. The van der Waals surface area contributed by atoms with Crippen molar-refractivity contribution >= 4 is 52.7 Å². The van der Waals surface area contributed by atoms with Gasteiger partial charge in [0, 0.05) is 19.1 Å². The molecule has 0 radical (unpaired) electrons. The number of rotatable bonds is 7. The molecule has 1 aromatic heterocycles. The number of benzene rings is 1. The summed E-state index contributed by atoms with van der Waals surface area (Å²) in [6.45, 7) is 9.79. The van der Waals surface area contributed by atoms with Gasteiger partial charge < -0.3 is 25.6 Å². The third-order valence-corrected chi connectivity index (χ3v) is 6.68. The first kappa shape index (κ1) is 30.2. The van der Waals surface area contributed by atoms with E-state index in [1.165, 1.54) is 6.20 Å². The van der Waals surface area contributed by atoms with Crippen LogP contribution in [0.25, 0.3) is 0 Å². The lowest BCUT2D eigenvalue weighted by atomic mass is 9.99. The number of nitrogens with zero attached hydrogens (tertiary/aromatic N) is 2. The third kappa shape index (κ3) is 8.09. The Morgan fingerprint density at radius 1 is 1.08 bits per heavy atom. The number of carbonyl (C=O) groups is 4. The topological polar surface area (TPSA) is 146 Å². The maximum Gasteiger partial charge on any atom is 0.408 e. The van der Waals surface area contributed by atoms with Crippen LogP contribution in [0.4, 0.5) is 10.5 Å². The molecule has 1 aliphatic rings. The molecule has 1 unspecified atom stereocenters. The Morgan fingerprint density at radius 2 is 1.69 bits per heavy atom. The van der Waals surface area contributed by atoms with Crippen molar-refractivity contribution in [2.45, 2.75) is 65.1 Å². The Balaban J connectivity index is 1.56. The fourth-order valence-electron chi connectivity index (χ4n) is 4.10. The molecule has 1 fully saturated rings. The Labute approximate surface area is 237 Å². The molecular weight excluding hydrogens is 547 g/mol. The van der Waals surface area contributed by atoms with Crippen LogP contribution in [0.15, 0.2) is 24.4 Å². The van der Waals surface area contributed by atoms with Gasteiger partial charge in [-0.25, -0.2) is 4.79 Å². The van der Waals surface area contributed by atoms with E-state index in [0.717, 1.165) is 0 Å². The van der Waals surface area contributed by atoms with E-state index in [1.54, 1.807) is 43.9 Å². The van der Waals surface area contributed by atoms with Gasteiger partial charge in [0.15, 0.2) is 0 Å². The zero-order valence-electron chi connectivity index (χ0n) is 22.6. The number of carbonyl (C=O) groups excluding carboxylic acids is 4. The Hall–Kier alpha value is -3.31. The van der Waals surface area contributed by atoms with Crippen molar-refractivity contribution in [3.63, 3.8) is 0 Å². The molecule has 11 nitrogen and oxygen atoms in total. The van der Waals surface area contributed by atoms with Crippen LogP contribution in [-0.2, 0) is 9.53 Å². The van der Waals surface area contributed by atoms with Crippen molar-refractivity contribution in [2.75, 3.05) is 18.4 Å². The highest BCUT2D eigenvalue weighted by molar-refractivity contribution is 6.40. The normalized spacial score (nSPS) is 15.0. The van der Waals surface area contributed by atoms with Crippen LogP contribution in [-0.4, -0.2) is 69.7 Å². The van der Waals surface area contributed by atoms with Gasteiger partial charge in [-0.1, -0.05) is 43.1 Å². The van der Waals surface area contributed by atoms with E-state index in [1.807, 2.05) is 13.8 Å². The minimum Gasteiger partial charge on any atom is -0.444 e. The van der Waals surface area contributed by atoms with E-state index in [4.69, 9.17) is 27.9 Å². The second-order valence-electron chi connectivity index (χ2n) is 10.7. The fourth-order valence-corrected chi connectivity index (χ4v) is 4.67. The predicted molar refractivity (Wildman–Crippen MR) is 148 cm³/mol. The lowest BCUT2D eigenvalue weighted by Gasteiger charge is -2.35. The maximum absolute atomic E-state index is 13.2. The average Bonchev–Trinajstić information content (AvgIpc) is 3.29. The summed E-state index contributed by atoms with van der Waals surface area (Å²) >= 11 is 12.2. The second-order valence-corrected chi connectivity index (χ2v) is 11.5. The number of halogens is 2. The number of H-pyrrole nitrogens is 1.